The molecule has 0 N–H and O–H groups in total. The van der Waals surface area contributed by atoms with Crippen molar-refractivity contribution in [3.8, 4) is 0 Å². The highest BCUT2D eigenvalue weighted by Gasteiger charge is 2.28. The van der Waals surface area contributed by atoms with Crippen LogP contribution in [0.1, 0.15) is 18.4 Å². The third kappa shape index (κ3) is 4.64. The molecular formula is C16H22FNO2S. The van der Waals surface area contributed by atoms with E-state index in [9.17, 15) is 12.8 Å². The Labute approximate surface area is 126 Å². The summed E-state index contributed by atoms with van der Waals surface area (Å²) in [5.74, 6) is -0.139. The monoisotopic (exact) mass is 311 g/mol. The maximum Gasteiger partial charge on any atom is 0.156 e. The number of nitrogens with zero attached hydrogens (tertiary/aromatic N) is 1. The molecule has 0 aliphatic carbocycles. The van der Waals surface area contributed by atoms with E-state index in [2.05, 4.69) is 11.5 Å². The Morgan fingerprint density at radius 3 is 2.43 bits per heavy atom. The first-order chi connectivity index (χ1) is 10.0. The molecule has 0 atom stereocenters. The number of halogens is 1. The molecule has 2 rings (SSSR count). The van der Waals surface area contributed by atoms with Crippen LogP contribution in [0, 0.1) is 5.82 Å². The molecule has 1 fully saturated rings. The smallest absolute Gasteiger partial charge is 0.156 e. The van der Waals surface area contributed by atoms with Gasteiger partial charge in [0.15, 0.2) is 9.84 Å². The Morgan fingerprint density at radius 1 is 1.24 bits per heavy atom. The second kappa shape index (κ2) is 7.18. The number of hydrogen-bond donors (Lipinski definition) is 0. The zero-order valence-corrected chi connectivity index (χ0v) is 13.0. The lowest BCUT2D eigenvalue weighted by Crippen LogP contribution is -2.40. The van der Waals surface area contributed by atoms with Gasteiger partial charge in [0.05, 0.1) is 11.0 Å². The van der Waals surface area contributed by atoms with E-state index in [1.165, 1.54) is 18.2 Å². The Kier molecular flexibility index (Phi) is 5.53. The van der Waals surface area contributed by atoms with Crippen LogP contribution in [0.4, 0.5) is 4.39 Å². The maximum absolute atomic E-state index is 12.8. The molecule has 116 valence electrons. The molecule has 21 heavy (non-hydrogen) atoms. The molecule has 0 unspecified atom stereocenters. The zero-order chi connectivity index (χ0) is 15.3. The van der Waals surface area contributed by atoms with Crippen molar-refractivity contribution in [3.05, 3.63) is 48.3 Å². The van der Waals surface area contributed by atoms with Crippen molar-refractivity contribution in [1.29, 1.82) is 0 Å². The maximum atomic E-state index is 12.8. The predicted octanol–water partition coefficient (Wildman–Crippen LogP) is 2.43. The lowest BCUT2D eigenvalue weighted by Gasteiger charge is -2.31. The van der Waals surface area contributed by atoms with Crippen LogP contribution < -0.4 is 0 Å². The van der Waals surface area contributed by atoms with Gasteiger partial charge in [0.25, 0.3) is 0 Å². The van der Waals surface area contributed by atoms with Crippen LogP contribution in [0.25, 0.3) is 0 Å². The minimum Gasteiger partial charge on any atom is -0.303 e. The van der Waals surface area contributed by atoms with Gasteiger partial charge in [-0.1, -0.05) is 18.2 Å². The highest BCUT2D eigenvalue weighted by molar-refractivity contribution is 7.92. The summed E-state index contributed by atoms with van der Waals surface area (Å²) in [5, 5.41) is -0.224. The summed E-state index contributed by atoms with van der Waals surface area (Å²) < 4.78 is 36.8. The second-order valence-corrected chi connectivity index (χ2v) is 7.86. The van der Waals surface area contributed by atoms with Gasteiger partial charge in [0.1, 0.15) is 5.82 Å². The number of rotatable bonds is 6. The van der Waals surface area contributed by atoms with E-state index in [1.807, 2.05) is 0 Å². The average molecular weight is 311 g/mol. The van der Waals surface area contributed by atoms with Gasteiger partial charge in [-0.3, -0.25) is 0 Å². The van der Waals surface area contributed by atoms with Crippen LogP contribution in [-0.4, -0.2) is 44.0 Å². The SMILES string of the molecule is C=CCS(=O)(=O)C1CCN(CCc2ccc(F)cc2)CC1. The zero-order valence-electron chi connectivity index (χ0n) is 12.2. The van der Waals surface area contributed by atoms with Crippen LogP contribution >= 0.6 is 0 Å². The first-order valence-corrected chi connectivity index (χ1v) is 9.02. The van der Waals surface area contributed by atoms with Gasteiger partial charge >= 0.3 is 0 Å². The van der Waals surface area contributed by atoms with E-state index in [-0.39, 0.29) is 16.8 Å². The van der Waals surface area contributed by atoms with Gasteiger partial charge in [-0.25, -0.2) is 12.8 Å². The van der Waals surface area contributed by atoms with Crippen LogP contribution in [-0.2, 0) is 16.3 Å². The van der Waals surface area contributed by atoms with Crippen LogP contribution in [0.5, 0.6) is 0 Å². The first kappa shape index (κ1) is 16.2. The lowest BCUT2D eigenvalue weighted by atomic mass is 10.1. The Balaban J connectivity index is 1.79. The molecule has 3 nitrogen and oxygen atoms in total. The van der Waals surface area contributed by atoms with Gasteiger partial charge < -0.3 is 4.90 Å². The molecule has 0 aromatic heterocycles. The molecule has 0 bridgehead atoms. The molecule has 1 aromatic rings. The van der Waals surface area contributed by atoms with Crippen LogP contribution in [0.2, 0.25) is 0 Å². The van der Waals surface area contributed by atoms with E-state index in [0.717, 1.165) is 31.6 Å². The molecule has 0 saturated carbocycles. The molecule has 0 radical (unpaired) electrons. The molecule has 0 spiro atoms. The highest BCUT2D eigenvalue weighted by Crippen LogP contribution is 2.19. The minimum atomic E-state index is -3.02. The molecule has 1 aliphatic rings. The van der Waals surface area contributed by atoms with E-state index < -0.39 is 9.84 Å². The molecule has 5 heteroatoms. The Bertz CT molecular complexity index is 560. The predicted molar refractivity (Wildman–Crippen MR) is 83.5 cm³/mol. The third-order valence-corrected chi connectivity index (χ3v) is 6.21. The number of piperidine rings is 1. The lowest BCUT2D eigenvalue weighted by molar-refractivity contribution is 0.232. The summed E-state index contributed by atoms with van der Waals surface area (Å²) in [6.45, 7) is 6.01. The topological polar surface area (TPSA) is 37.4 Å². The number of hydrogen-bond acceptors (Lipinski definition) is 3. The highest BCUT2D eigenvalue weighted by atomic mass is 32.2. The number of benzene rings is 1. The summed E-state index contributed by atoms with van der Waals surface area (Å²) in [4.78, 5) is 2.28. The summed E-state index contributed by atoms with van der Waals surface area (Å²) in [6, 6.07) is 6.56. The van der Waals surface area contributed by atoms with Crippen molar-refractivity contribution in [1.82, 2.24) is 4.90 Å². The molecule has 0 amide bonds. The second-order valence-electron chi connectivity index (χ2n) is 5.54. The largest absolute Gasteiger partial charge is 0.303 e. The fraction of sp³-hybridized carbons (Fsp3) is 0.500. The van der Waals surface area contributed by atoms with Crippen molar-refractivity contribution >= 4 is 9.84 Å². The van der Waals surface area contributed by atoms with Crippen LogP contribution in [0.15, 0.2) is 36.9 Å². The van der Waals surface area contributed by atoms with E-state index >= 15 is 0 Å². The van der Waals surface area contributed by atoms with E-state index in [0.29, 0.717) is 12.8 Å². The normalized spacial score (nSPS) is 17.8. The third-order valence-electron chi connectivity index (χ3n) is 4.02. The van der Waals surface area contributed by atoms with Crippen molar-refractivity contribution in [2.24, 2.45) is 0 Å². The van der Waals surface area contributed by atoms with Crippen molar-refractivity contribution < 1.29 is 12.8 Å². The Hall–Kier alpha value is -1.20. The van der Waals surface area contributed by atoms with Gasteiger partial charge in [-0.15, -0.1) is 6.58 Å². The van der Waals surface area contributed by atoms with E-state index in [1.54, 1.807) is 12.1 Å². The summed E-state index contributed by atoms with van der Waals surface area (Å²) in [5.41, 5.74) is 1.11. The Morgan fingerprint density at radius 2 is 1.86 bits per heavy atom. The molecule has 1 heterocycles. The van der Waals surface area contributed by atoms with Crippen LogP contribution in [0.3, 0.4) is 0 Å². The first-order valence-electron chi connectivity index (χ1n) is 7.30. The molecule has 1 aliphatic heterocycles. The minimum absolute atomic E-state index is 0.0766. The standard InChI is InChI=1S/C16H22FNO2S/c1-2-13-21(19,20)16-8-11-18(12-9-16)10-7-14-3-5-15(17)6-4-14/h2-6,16H,1,7-13H2. The van der Waals surface area contributed by atoms with Gasteiger partial charge in [-0.05, 0) is 50.0 Å². The van der Waals surface area contributed by atoms with Crippen molar-refractivity contribution in [3.63, 3.8) is 0 Å². The molecule has 1 saturated heterocycles. The summed E-state index contributed by atoms with van der Waals surface area (Å²) in [7, 11) is -3.02. The van der Waals surface area contributed by atoms with Gasteiger partial charge in [0.2, 0.25) is 0 Å². The van der Waals surface area contributed by atoms with Crippen molar-refractivity contribution in [2.75, 3.05) is 25.4 Å². The average Bonchev–Trinajstić information content (AvgIpc) is 2.47. The summed E-state index contributed by atoms with van der Waals surface area (Å²) in [6.07, 6.45) is 3.72. The fourth-order valence-corrected chi connectivity index (χ4v) is 4.26. The number of likely N-dealkylation sites (tertiary alicyclic amines) is 1. The van der Waals surface area contributed by atoms with Crippen molar-refractivity contribution in [2.45, 2.75) is 24.5 Å². The van der Waals surface area contributed by atoms with Gasteiger partial charge in [-0.2, -0.15) is 0 Å². The quantitative estimate of drug-likeness (QED) is 0.757. The van der Waals surface area contributed by atoms with Gasteiger partial charge in [0, 0.05) is 6.54 Å². The van der Waals surface area contributed by atoms with E-state index in [4.69, 9.17) is 0 Å². The fourth-order valence-electron chi connectivity index (χ4n) is 2.73. The molecule has 1 aromatic carbocycles. The molecular weight excluding hydrogens is 289 g/mol. The number of sulfone groups is 1. The summed E-state index contributed by atoms with van der Waals surface area (Å²) >= 11 is 0.